The van der Waals surface area contributed by atoms with Crippen molar-refractivity contribution in [2.45, 2.75) is 66.5 Å². The Kier molecular flexibility index (Phi) is 5.29. The Morgan fingerprint density at radius 3 is 2.14 bits per heavy atom. The molecule has 0 radical (unpaired) electrons. The predicted octanol–water partition coefficient (Wildman–Crippen LogP) is 2.79. The Labute approximate surface area is 128 Å². The van der Waals surface area contributed by atoms with Crippen molar-refractivity contribution in [2.24, 2.45) is 11.3 Å². The molecule has 5 heteroatoms. The standard InChI is InChI=1S/C16H30N2O3/c1-11-8-12(17-14(20)21-16(5,6)7)10-18(9-11)13(19)15(2,3)4/h11-12H,8-10H2,1-7H3,(H,17,20). The number of piperidine rings is 1. The van der Waals surface area contributed by atoms with Gasteiger partial charge in [-0.25, -0.2) is 4.79 Å². The molecule has 2 unspecified atom stereocenters. The number of carbonyl (C=O) groups excluding carboxylic acids is 2. The van der Waals surface area contributed by atoms with E-state index in [9.17, 15) is 9.59 Å². The SMILES string of the molecule is CC1CC(NC(=O)OC(C)(C)C)CN(C(=O)C(C)(C)C)C1. The van der Waals surface area contributed by atoms with Crippen molar-refractivity contribution in [3.8, 4) is 0 Å². The number of nitrogens with zero attached hydrogens (tertiary/aromatic N) is 1. The Morgan fingerprint density at radius 1 is 1.10 bits per heavy atom. The van der Waals surface area contributed by atoms with E-state index in [4.69, 9.17) is 4.74 Å². The number of hydrogen-bond donors (Lipinski definition) is 1. The van der Waals surface area contributed by atoms with E-state index in [1.54, 1.807) is 0 Å². The van der Waals surface area contributed by atoms with Crippen LogP contribution in [0.1, 0.15) is 54.9 Å². The summed E-state index contributed by atoms with van der Waals surface area (Å²) in [5.74, 6) is 0.495. The Bertz CT molecular complexity index is 393. The third-order valence-electron chi connectivity index (χ3n) is 3.31. The van der Waals surface area contributed by atoms with Gasteiger partial charge in [-0.15, -0.1) is 0 Å². The van der Waals surface area contributed by atoms with Crippen molar-refractivity contribution in [3.63, 3.8) is 0 Å². The molecule has 0 aliphatic carbocycles. The van der Waals surface area contributed by atoms with Crippen LogP contribution in [0, 0.1) is 11.3 Å². The Balaban J connectivity index is 2.64. The van der Waals surface area contributed by atoms with Gasteiger partial charge in [0.2, 0.25) is 5.91 Å². The molecule has 1 saturated heterocycles. The fourth-order valence-electron chi connectivity index (χ4n) is 2.57. The molecule has 0 saturated carbocycles. The second-order valence-corrected chi connectivity index (χ2v) is 8.14. The van der Waals surface area contributed by atoms with Crippen LogP contribution in [-0.4, -0.2) is 41.6 Å². The van der Waals surface area contributed by atoms with Crippen molar-refractivity contribution in [1.82, 2.24) is 10.2 Å². The summed E-state index contributed by atoms with van der Waals surface area (Å²) in [6.45, 7) is 14.7. The van der Waals surface area contributed by atoms with E-state index in [-0.39, 0.29) is 11.9 Å². The lowest BCUT2D eigenvalue weighted by Gasteiger charge is -2.39. The summed E-state index contributed by atoms with van der Waals surface area (Å²) in [5.41, 5.74) is -0.904. The van der Waals surface area contributed by atoms with Crippen LogP contribution >= 0.6 is 0 Å². The minimum atomic E-state index is -0.509. The molecule has 0 aromatic heterocycles. The number of rotatable bonds is 1. The molecule has 122 valence electrons. The normalized spacial score (nSPS) is 23.7. The van der Waals surface area contributed by atoms with E-state index in [1.165, 1.54) is 0 Å². The van der Waals surface area contributed by atoms with E-state index in [2.05, 4.69) is 12.2 Å². The molecule has 1 N–H and O–H groups in total. The Morgan fingerprint density at radius 2 is 1.67 bits per heavy atom. The molecule has 0 bridgehead atoms. The van der Waals surface area contributed by atoms with Crippen LogP contribution in [-0.2, 0) is 9.53 Å². The number of likely N-dealkylation sites (tertiary alicyclic amines) is 1. The number of alkyl carbamates (subject to hydrolysis) is 1. The number of nitrogens with one attached hydrogen (secondary N) is 1. The van der Waals surface area contributed by atoms with Crippen LogP contribution in [0.3, 0.4) is 0 Å². The summed E-state index contributed by atoms with van der Waals surface area (Å²) in [6, 6.07) is -0.0464. The van der Waals surface area contributed by atoms with E-state index in [0.29, 0.717) is 12.5 Å². The number of carbonyl (C=O) groups is 2. The zero-order chi connectivity index (χ0) is 16.4. The van der Waals surface area contributed by atoms with Crippen molar-refractivity contribution in [2.75, 3.05) is 13.1 Å². The topological polar surface area (TPSA) is 58.6 Å². The van der Waals surface area contributed by atoms with Crippen LogP contribution in [0.25, 0.3) is 0 Å². The predicted molar refractivity (Wildman–Crippen MR) is 83.0 cm³/mol. The van der Waals surface area contributed by atoms with Crippen LogP contribution in [0.4, 0.5) is 4.79 Å². The zero-order valence-electron chi connectivity index (χ0n) is 14.4. The first-order valence-electron chi connectivity index (χ1n) is 7.67. The molecule has 1 heterocycles. The molecule has 1 aliphatic rings. The maximum absolute atomic E-state index is 12.4. The molecule has 21 heavy (non-hydrogen) atoms. The zero-order valence-corrected chi connectivity index (χ0v) is 14.4. The summed E-state index contributed by atoms with van der Waals surface area (Å²) in [5, 5.41) is 2.89. The lowest BCUT2D eigenvalue weighted by Crippen LogP contribution is -2.54. The van der Waals surface area contributed by atoms with E-state index >= 15 is 0 Å². The third-order valence-corrected chi connectivity index (χ3v) is 3.31. The highest BCUT2D eigenvalue weighted by Gasteiger charge is 2.34. The minimum Gasteiger partial charge on any atom is -0.444 e. The summed E-state index contributed by atoms with van der Waals surface area (Å²) in [6.07, 6.45) is 0.456. The van der Waals surface area contributed by atoms with Crippen molar-refractivity contribution in [1.29, 1.82) is 0 Å². The first kappa shape index (κ1) is 17.8. The fraction of sp³-hybridized carbons (Fsp3) is 0.875. The maximum Gasteiger partial charge on any atom is 0.407 e. The number of hydrogen-bond acceptors (Lipinski definition) is 3. The molecule has 0 spiro atoms. The van der Waals surface area contributed by atoms with Crippen molar-refractivity contribution >= 4 is 12.0 Å². The van der Waals surface area contributed by atoms with Gasteiger partial charge in [-0.3, -0.25) is 4.79 Å². The molecule has 1 aliphatic heterocycles. The van der Waals surface area contributed by atoms with Gasteiger partial charge in [0.05, 0.1) is 6.04 Å². The lowest BCUT2D eigenvalue weighted by molar-refractivity contribution is -0.141. The quantitative estimate of drug-likeness (QED) is 0.810. The monoisotopic (exact) mass is 298 g/mol. The van der Waals surface area contributed by atoms with Gasteiger partial charge in [0, 0.05) is 18.5 Å². The average molecular weight is 298 g/mol. The van der Waals surface area contributed by atoms with E-state index in [1.807, 2.05) is 46.4 Å². The second-order valence-electron chi connectivity index (χ2n) is 8.14. The lowest BCUT2D eigenvalue weighted by atomic mass is 9.90. The van der Waals surface area contributed by atoms with Crippen LogP contribution in [0.15, 0.2) is 0 Å². The summed E-state index contributed by atoms with van der Waals surface area (Å²) in [7, 11) is 0. The second kappa shape index (κ2) is 6.24. The van der Waals surface area contributed by atoms with Gasteiger partial charge in [0.15, 0.2) is 0 Å². The maximum atomic E-state index is 12.4. The summed E-state index contributed by atoms with van der Waals surface area (Å²) < 4.78 is 5.29. The first-order valence-corrected chi connectivity index (χ1v) is 7.67. The molecular weight excluding hydrogens is 268 g/mol. The molecule has 5 nitrogen and oxygen atoms in total. The number of amides is 2. The van der Waals surface area contributed by atoms with Crippen LogP contribution < -0.4 is 5.32 Å². The highest BCUT2D eigenvalue weighted by molar-refractivity contribution is 5.81. The highest BCUT2D eigenvalue weighted by Crippen LogP contribution is 2.23. The average Bonchev–Trinajstić information content (AvgIpc) is 2.22. The fourth-order valence-corrected chi connectivity index (χ4v) is 2.57. The van der Waals surface area contributed by atoms with E-state index in [0.717, 1.165) is 13.0 Å². The molecular formula is C16H30N2O3. The van der Waals surface area contributed by atoms with Gasteiger partial charge in [0.1, 0.15) is 5.60 Å². The van der Waals surface area contributed by atoms with Gasteiger partial charge < -0.3 is 15.0 Å². The van der Waals surface area contributed by atoms with E-state index < -0.39 is 17.1 Å². The van der Waals surface area contributed by atoms with Crippen molar-refractivity contribution in [3.05, 3.63) is 0 Å². The largest absolute Gasteiger partial charge is 0.444 e. The molecule has 2 amide bonds. The van der Waals surface area contributed by atoms with Gasteiger partial charge in [0.25, 0.3) is 0 Å². The van der Waals surface area contributed by atoms with Crippen LogP contribution in [0.5, 0.6) is 0 Å². The molecule has 0 aromatic rings. The molecule has 1 rings (SSSR count). The van der Waals surface area contributed by atoms with Crippen molar-refractivity contribution < 1.29 is 14.3 Å². The van der Waals surface area contributed by atoms with Gasteiger partial charge in [-0.05, 0) is 33.1 Å². The smallest absolute Gasteiger partial charge is 0.407 e. The number of ether oxygens (including phenoxy) is 1. The minimum absolute atomic E-state index is 0.0464. The van der Waals surface area contributed by atoms with Gasteiger partial charge in [-0.1, -0.05) is 27.7 Å². The van der Waals surface area contributed by atoms with Gasteiger partial charge in [-0.2, -0.15) is 0 Å². The molecule has 1 fully saturated rings. The summed E-state index contributed by atoms with van der Waals surface area (Å²) >= 11 is 0. The highest BCUT2D eigenvalue weighted by atomic mass is 16.6. The summed E-state index contributed by atoms with van der Waals surface area (Å²) in [4.78, 5) is 26.1. The van der Waals surface area contributed by atoms with Gasteiger partial charge >= 0.3 is 6.09 Å². The first-order chi connectivity index (χ1) is 9.38. The Hall–Kier alpha value is -1.26. The molecule has 2 atom stereocenters. The van der Waals surface area contributed by atoms with Crippen LogP contribution in [0.2, 0.25) is 0 Å². The third kappa shape index (κ3) is 5.94. The molecule has 0 aromatic carbocycles.